The highest BCUT2D eigenvalue weighted by Crippen LogP contribution is 2.21. The molecule has 0 amide bonds. The molecule has 2 aromatic heterocycles. The van der Waals surface area contributed by atoms with E-state index in [0.717, 1.165) is 0 Å². The molecule has 0 radical (unpaired) electrons. The number of esters is 1. The summed E-state index contributed by atoms with van der Waals surface area (Å²) < 4.78 is 6.35. The summed E-state index contributed by atoms with van der Waals surface area (Å²) in [7, 11) is 0. The van der Waals surface area contributed by atoms with E-state index in [1.807, 2.05) is 0 Å². The first-order chi connectivity index (χ1) is 9.02. The molecule has 2 rings (SSSR count). The van der Waals surface area contributed by atoms with E-state index in [1.165, 1.54) is 10.7 Å². The Kier molecular flexibility index (Phi) is 4.01. The van der Waals surface area contributed by atoms with Crippen LogP contribution in [0.25, 0.3) is 5.69 Å². The summed E-state index contributed by atoms with van der Waals surface area (Å²) in [5.41, 5.74) is 1.35. The number of carbonyl (C=O) groups is 1. The van der Waals surface area contributed by atoms with Crippen LogP contribution in [0.5, 0.6) is 0 Å². The molecular formula is C11H10Cl2N4O2. The summed E-state index contributed by atoms with van der Waals surface area (Å²) in [4.78, 5) is 11.6. The zero-order chi connectivity index (χ0) is 14.0. The van der Waals surface area contributed by atoms with Gasteiger partial charge in [0.25, 0.3) is 0 Å². The highest BCUT2D eigenvalue weighted by molar-refractivity contribution is 6.32. The van der Waals surface area contributed by atoms with Crippen molar-refractivity contribution >= 4 is 29.2 Å². The van der Waals surface area contributed by atoms with Crippen LogP contribution in [-0.4, -0.2) is 32.6 Å². The number of ether oxygens (including phenoxy) is 1. The maximum absolute atomic E-state index is 11.6. The van der Waals surface area contributed by atoms with Crippen molar-refractivity contribution in [3.63, 3.8) is 0 Å². The third kappa shape index (κ3) is 2.85. The molecule has 100 valence electrons. The van der Waals surface area contributed by atoms with Crippen LogP contribution in [0.3, 0.4) is 0 Å². The van der Waals surface area contributed by atoms with Gasteiger partial charge in [-0.15, -0.1) is 10.2 Å². The maximum Gasteiger partial charge on any atom is 0.358 e. The smallest absolute Gasteiger partial charge is 0.358 e. The van der Waals surface area contributed by atoms with Crippen LogP contribution < -0.4 is 0 Å². The Hall–Kier alpha value is -1.66. The van der Waals surface area contributed by atoms with Crippen LogP contribution in [0, 0.1) is 6.92 Å². The molecule has 0 aromatic carbocycles. The summed E-state index contributed by atoms with van der Waals surface area (Å²) in [6, 6.07) is 3.12. The topological polar surface area (TPSA) is 69.9 Å². The van der Waals surface area contributed by atoms with Gasteiger partial charge in [0.15, 0.2) is 16.0 Å². The maximum atomic E-state index is 11.6. The highest BCUT2D eigenvalue weighted by atomic mass is 35.5. The average Bonchev–Trinajstić information content (AvgIpc) is 2.75. The van der Waals surface area contributed by atoms with E-state index >= 15 is 0 Å². The molecule has 0 bridgehead atoms. The molecule has 0 N–H and O–H groups in total. The fourth-order valence-corrected chi connectivity index (χ4v) is 1.83. The van der Waals surface area contributed by atoms with Gasteiger partial charge < -0.3 is 4.74 Å². The van der Waals surface area contributed by atoms with Crippen molar-refractivity contribution < 1.29 is 9.53 Å². The third-order valence-electron chi connectivity index (χ3n) is 2.30. The summed E-state index contributed by atoms with van der Waals surface area (Å²) in [6.07, 6.45) is 0. The SMILES string of the molecule is CCOC(=O)c1cc(C)n(-c2cc(Cl)nnc2Cl)n1. The van der Waals surface area contributed by atoms with E-state index in [-0.39, 0.29) is 22.6 Å². The monoisotopic (exact) mass is 300 g/mol. The predicted octanol–water partition coefficient (Wildman–Crippen LogP) is 2.45. The molecule has 0 aliphatic carbocycles. The van der Waals surface area contributed by atoms with Crippen LogP contribution in [0.4, 0.5) is 0 Å². The van der Waals surface area contributed by atoms with Crippen LogP contribution in [0.2, 0.25) is 10.3 Å². The molecule has 0 atom stereocenters. The number of aryl methyl sites for hydroxylation is 1. The van der Waals surface area contributed by atoms with Gasteiger partial charge >= 0.3 is 5.97 Å². The Morgan fingerprint density at radius 2 is 2.11 bits per heavy atom. The molecule has 0 saturated heterocycles. The number of halogens is 2. The third-order valence-corrected chi connectivity index (χ3v) is 2.75. The van der Waals surface area contributed by atoms with E-state index < -0.39 is 5.97 Å². The molecule has 6 nitrogen and oxygen atoms in total. The normalized spacial score (nSPS) is 10.5. The van der Waals surface area contributed by atoms with Gasteiger partial charge in [-0.25, -0.2) is 9.48 Å². The van der Waals surface area contributed by atoms with Crippen LogP contribution >= 0.6 is 23.2 Å². The van der Waals surface area contributed by atoms with E-state index in [0.29, 0.717) is 11.4 Å². The first-order valence-corrected chi connectivity index (χ1v) is 6.21. The zero-order valence-corrected chi connectivity index (χ0v) is 11.7. The Bertz CT molecular complexity index is 627. The molecule has 0 aliphatic rings. The van der Waals surface area contributed by atoms with Crippen molar-refractivity contribution in [3.8, 4) is 5.69 Å². The van der Waals surface area contributed by atoms with E-state index in [2.05, 4.69) is 15.3 Å². The summed E-state index contributed by atoms with van der Waals surface area (Å²) >= 11 is 11.7. The van der Waals surface area contributed by atoms with E-state index in [9.17, 15) is 4.79 Å². The second-order valence-electron chi connectivity index (χ2n) is 3.65. The molecule has 0 aliphatic heterocycles. The van der Waals surface area contributed by atoms with Crippen molar-refractivity contribution in [3.05, 3.63) is 33.8 Å². The van der Waals surface area contributed by atoms with Gasteiger partial charge in [-0.05, 0) is 19.9 Å². The lowest BCUT2D eigenvalue weighted by atomic mass is 10.3. The van der Waals surface area contributed by atoms with Crippen molar-refractivity contribution in [1.29, 1.82) is 0 Å². The number of rotatable bonds is 3. The number of hydrogen-bond donors (Lipinski definition) is 0. The van der Waals surface area contributed by atoms with Gasteiger partial charge in [-0.1, -0.05) is 23.2 Å². The molecule has 8 heteroatoms. The van der Waals surface area contributed by atoms with Gasteiger partial charge in [-0.2, -0.15) is 5.10 Å². The Labute approximate surface area is 119 Å². The van der Waals surface area contributed by atoms with Gasteiger partial charge in [-0.3, -0.25) is 0 Å². The minimum Gasteiger partial charge on any atom is -0.461 e. The van der Waals surface area contributed by atoms with Crippen LogP contribution in [0.15, 0.2) is 12.1 Å². The van der Waals surface area contributed by atoms with E-state index in [4.69, 9.17) is 27.9 Å². The fraction of sp³-hybridized carbons (Fsp3) is 0.273. The molecule has 2 heterocycles. The van der Waals surface area contributed by atoms with Crippen molar-refractivity contribution in [2.75, 3.05) is 6.61 Å². The number of hydrogen-bond acceptors (Lipinski definition) is 5. The van der Waals surface area contributed by atoms with Crippen LogP contribution in [0.1, 0.15) is 23.1 Å². The molecule has 0 spiro atoms. The van der Waals surface area contributed by atoms with Gasteiger partial charge in [0.2, 0.25) is 0 Å². The lowest BCUT2D eigenvalue weighted by Gasteiger charge is -2.05. The molecule has 2 aromatic rings. The number of nitrogens with zero attached hydrogens (tertiary/aromatic N) is 4. The lowest BCUT2D eigenvalue weighted by molar-refractivity contribution is 0.0519. The molecule has 0 saturated carbocycles. The Morgan fingerprint density at radius 1 is 1.37 bits per heavy atom. The minimum atomic E-state index is -0.492. The van der Waals surface area contributed by atoms with Gasteiger partial charge in [0.1, 0.15) is 5.69 Å². The van der Waals surface area contributed by atoms with Gasteiger partial charge in [0.05, 0.1) is 6.61 Å². The summed E-state index contributed by atoms with van der Waals surface area (Å²) in [5, 5.41) is 11.8. The first-order valence-electron chi connectivity index (χ1n) is 5.45. The minimum absolute atomic E-state index is 0.144. The molecule has 0 unspecified atom stereocenters. The first kappa shape index (κ1) is 13.8. The number of aromatic nitrogens is 4. The summed E-state index contributed by atoms with van der Waals surface area (Å²) in [5.74, 6) is -0.492. The van der Waals surface area contributed by atoms with Crippen molar-refractivity contribution in [1.82, 2.24) is 20.0 Å². The second kappa shape index (κ2) is 5.54. The Morgan fingerprint density at radius 3 is 2.79 bits per heavy atom. The lowest BCUT2D eigenvalue weighted by Crippen LogP contribution is -2.07. The van der Waals surface area contributed by atoms with Crippen molar-refractivity contribution in [2.45, 2.75) is 13.8 Å². The molecular weight excluding hydrogens is 291 g/mol. The molecule has 19 heavy (non-hydrogen) atoms. The largest absolute Gasteiger partial charge is 0.461 e. The molecule has 0 fully saturated rings. The standard InChI is InChI=1S/C11H10Cl2N4O2/c1-3-19-11(18)7-4-6(2)17(16-7)8-5-9(12)14-15-10(8)13/h4-5H,3H2,1-2H3. The quantitative estimate of drug-likeness (QED) is 0.814. The summed E-state index contributed by atoms with van der Waals surface area (Å²) in [6.45, 7) is 3.79. The average molecular weight is 301 g/mol. The number of carbonyl (C=O) groups excluding carboxylic acids is 1. The predicted molar refractivity (Wildman–Crippen MR) is 69.9 cm³/mol. The highest BCUT2D eigenvalue weighted by Gasteiger charge is 2.16. The van der Waals surface area contributed by atoms with Gasteiger partial charge in [0, 0.05) is 11.8 Å². The van der Waals surface area contributed by atoms with Crippen molar-refractivity contribution in [2.24, 2.45) is 0 Å². The van der Waals surface area contributed by atoms with E-state index in [1.54, 1.807) is 19.9 Å². The zero-order valence-electron chi connectivity index (χ0n) is 10.2. The second-order valence-corrected chi connectivity index (χ2v) is 4.39. The van der Waals surface area contributed by atoms with Crippen LogP contribution in [-0.2, 0) is 4.74 Å². The fourth-order valence-electron chi connectivity index (χ4n) is 1.52. The Balaban J connectivity index is 2.46.